The fraction of sp³-hybridized carbons (Fsp3) is 0.167. The summed E-state index contributed by atoms with van der Waals surface area (Å²) in [4.78, 5) is 18.7. The van der Waals surface area contributed by atoms with E-state index in [4.69, 9.17) is 5.73 Å². The number of carbonyl (C=O) groups excluding carboxylic acids is 1. The topological polar surface area (TPSA) is 83.8 Å². The first-order chi connectivity index (χ1) is 8.66. The molecule has 0 spiro atoms. The van der Waals surface area contributed by atoms with Crippen LogP contribution in [0.4, 0.5) is 10.1 Å². The second kappa shape index (κ2) is 5.31. The maximum absolute atomic E-state index is 12.8. The van der Waals surface area contributed by atoms with Gasteiger partial charge >= 0.3 is 0 Å². The lowest BCUT2D eigenvalue weighted by Crippen LogP contribution is -2.26. The molecular weight excluding hydrogens is 235 g/mol. The van der Waals surface area contributed by atoms with Crippen molar-refractivity contribution < 1.29 is 9.18 Å². The average Bonchev–Trinajstić information content (AvgIpc) is 2.81. The molecule has 2 rings (SSSR count). The summed E-state index contributed by atoms with van der Waals surface area (Å²) in [5.41, 5.74) is 5.97. The molecule has 5 nitrogen and oxygen atoms in total. The Balaban J connectivity index is 1.91. The highest BCUT2D eigenvalue weighted by Crippen LogP contribution is 2.12. The van der Waals surface area contributed by atoms with E-state index in [1.54, 1.807) is 12.4 Å². The maximum atomic E-state index is 12.8. The van der Waals surface area contributed by atoms with Crippen LogP contribution in [-0.2, 0) is 6.42 Å². The third-order valence-corrected chi connectivity index (χ3v) is 2.46. The van der Waals surface area contributed by atoms with E-state index < -0.39 is 5.82 Å². The molecule has 1 aromatic heterocycles. The molecular formula is C12H13FN4O. The summed E-state index contributed by atoms with van der Waals surface area (Å²) in [6.07, 6.45) is 3.96. The number of nitrogens with one attached hydrogen (secondary N) is 2. The van der Waals surface area contributed by atoms with E-state index in [1.807, 2.05) is 0 Å². The fourth-order valence-electron chi connectivity index (χ4n) is 1.56. The average molecular weight is 248 g/mol. The molecule has 94 valence electrons. The van der Waals surface area contributed by atoms with Gasteiger partial charge in [-0.05, 0) is 18.2 Å². The molecule has 1 aromatic carbocycles. The molecule has 0 aliphatic heterocycles. The van der Waals surface area contributed by atoms with Crippen molar-refractivity contribution in [1.82, 2.24) is 15.3 Å². The van der Waals surface area contributed by atoms with Gasteiger partial charge in [-0.1, -0.05) is 0 Å². The highest BCUT2D eigenvalue weighted by molar-refractivity contribution is 5.99. The van der Waals surface area contributed by atoms with Gasteiger partial charge in [0.15, 0.2) is 0 Å². The van der Waals surface area contributed by atoms with Crippen LogP contribution in [0.15, 0.2) is 30.6 Å². The summed E-state index contributed by atoms with van der Waals surface area (Å²) in [6, 6.07) is 3.70. The number of hydrogen-bond acceptors (Lipinski definition) is 3. The van der Waals surface area contributed by atoms with Crippen molar-refractivity contribution in [2.75, 3.05) is 12.3 Å². The first-order valence-electron chi connectivity index (χ1n) is 5.48. The van der Waals surface area contributed by atoms with Gasteiger partial charge in [-0.3, -0.25) is 4.79 Å². The molecule has 0 aliphatic carbocycles. The van der Waals surface area contributed by atoms with Crippen molar-refractivity contribution in [1.29, 1.82) is 0 Å². The first kappa shape index (κ1) is 12.1. The third kappa shape index (κ3) is 2.85. The van der Waals surface area contributed by atoms with Crippen LogP contribution in [0.2, 0.25) is 0 Å². The van der Waals surface area contributed by atoms with Crippen molar-refractivity contribution in [3.63, 3.8) is 0 Å². The van der Waals surface area contributed by atoms with E-state index in [-0.39, 0.29) is 17.2 Å². The molecule has 0 unspecified atom stereocenters. The van der Waals surface area contributed by atoms with E-state index >= 15 is 0 Å². The number of nitrogens with zero attached hydrogens (tertiary/aromatic N) is 1. The van der Waals surface area contributed by atoms with Crippen molar-refractivity contribution in [2.24, 2.45) is 0 Å². The highest BCUT2D eigenvalue weighted by atomic mass is 19.1. The van der Waals surface area contributed by atoms with Crippen molar-refractivity contribution in [2.45, 2.75) is 6.42 Å². The van der Waals surface area contributed by atoms with Gasteiger partial charge in [0, 0.05) is 31.0 Å². The van der Waals surface area contributed by atoms with Gasteiger partial charge in [-0.25, -0.2) is 9.37 Å². The van der Waals surface area contributed by atoms with Gasteiger partial charge in [-0.2, -0.15) is 0 Å². The minimum Gasteiger partial charge on any atom is -0.398 e. The number of halogens is 1. The number of anilines is 1. The van der Waals surface area contributed by atoms with Gasteiger partial charge in [0.05, 0.1) is 5.56 Å². The van der Waals surface area contributed by atoms with Crippen molar-refractivity contribution >= 4 is 11.6 Å². The number of hydrogen-bond donors (Lipinski definition) is 3. The van der Waals surface area contributed by atoms with Gasteiger partial charge in [-0.15, -0.1) is 0 Å². The number of carbonyl (C=O) groups is 1. The quantitative estimate of drug-likeness (QED) is 0.708. The largest absolute Gasteiger partial charge is 0.398 e. The second-order valence-electron chi connectivity index (χ2n) is 3.77. The lowest BCUT2D eigenvalue weighted by atomic mass is 10.1. The van der Waals surface area contributed by atoms with Crippen LogP contribution < -0.4 is 11.1 Å². The van der Waals surface area contributed by atoms with Crippen molar-refractivity contribution in [3.05, 3.63) is 47.8 Å². The summed E-state index contributed by atoms with van der Waals surface area (Å²) in [5, 5.41) is 2.70. The number of amides is 1. The third-order valence-electron chi connectivity index (χ3n) is 2.46. The summed E-state index contributed by atoms with van der Waals surface area (Å²) < 4.78 is 12.8. The fourth-order valence-corrected chi connectivity index (χ4v) is 1.56. The summed E-state index contributed by atoms with van der Waals surface area (Å²) in [6.45, 7) is 0.434. The van der Waals surface area contributed by atoms with E-state index in [0.717, 1.165) is 11.9 Å². The predicted octanol–water partition coefficient (Wildman–Crippen LogP) is 1.10. The zero-order chi connectivity index (χ0) is 13.0. The second-order valence-corrected chi connectivity index (χ2v) is 3.77. The van der Waals surface area contributed by atoms with Crippen LogP contribution in [0.25, 0.3) is 0 Å². The minimum atomic E-state index is -0.459. The number of nitrogens with two attached hydrogens (primary N) is 1. The van der Waals surface area contributed by atoms with Crippen LogP contribution in [0.3, 0.4) is 0 Å². The number of H-pyrrole nitrogens is 1. The van der Waals surface area contributed by atoms with Crippen molar-refractivity contribution in [3.8, 4) is 0 Å². The molecule has 2 aromatic rings. The van der Waals surface area contributed by atoms with Gasteiger partial charge in [0.2, 0.25) is 0 Å². The first-order valence-corrected chi connectivity index (χ1v) is 5.48. The molecule has 4 N–H and O–H groups in total. The van der Waals surface area contributed by atoms with E-state index in [2.05, 4.69) is 15.3 Å². The standard InChI is InChI=1S/C12H13FN4O/c13-8-1-2-9(10(14)7-8)12(18)17-4-3-11-15-5-6-16-11/h1-2,5-7H,3-4,14H2,(H,15,16)(H,17,18). The molecule has 0 aliphatic rings. The van der Waals surface area contributed by atoms with E-state index in [0.29, 0.717) is 13.0 Å². The van der Waals surface area contributed by atoms with E-state index in [9.17, 15) is 9.18 Å². The normalized spacial score (nSPS) is 10.3. The van der Waals surface area contributed by atoms with Gasteiger partial charge in [0.1, 0.15) is 11.6 Å². The Labute approximate surface area is 103 Å². The molecule has 0 saturated heterocycles. The van der Waals surface area contributed by atoms with E-state index in [1.165, 1.54) is 12.1 Å². The molecule has 0 atom stereocenters. The Morgan fingerprint density at radius 3 is 3.00 bits per heavy atom. The molecule has 0 fully saturated rings. The van der Waals surface area contributed by atoms with Crippen LogP contribution in [0, 0.1) is 5.82 Å². The smallest absolute Gasteiger partial charge is 0.253 e. The number of benzene rings is 1. The Kier molecular flexibility index (Phi) is 3.57. The molecule has 0 saturated carbocycles. The molecule has 1 amide bonds. The number of nitrogen functional groups attached to an aromatic ring is 1. The molecule has 6 heteroatoms. The molecule has 0 bridgehead atoms. The van der Waals surface area contributed by atoms with Crippen LogP contribution >= 0.6 is 0 Å². The zero-order valence-corrected chi connectivity index (χ0v) is 9.61. The lowest BCUT2D eigenvalue weighted by Gasteiger charge is -2.06. The van der Waals surface area contributed by atoms with Gasteiger partial charge < -0.3 is 16.0 Å². The van der Waals surface area contributed by atoms with Gasteiger partial charge in [0.25, 0.3) is 5.91 Å². The maximum Gasteiger partial charge on any atom is 0.253 e. The summed E-state index contributed by atoms with van der Waals surface area (Å²) in [5.74, 6) is 0.0149. The van der Waals surface area contributed by atoms with Crippen LogP contribution in [-0.4, -0.2) is 22.4 Å². The Morgan fingerprint density at radius 2 is 2.33 bits per heavy atom. The molecule has 1 heterocycles. The lowest BCUT2D eigenvalue weighted by molar-refractivity contribution is 0.0955. The number of imidazole rings is 1. The monoisotopic (exact) mass is 248 g/mol. The Hall–Kier alpha value is -2.37. The molecule has 0 radical (unpaired) electrons. The summed E-state index contributed by atoms with van der Waals surface area (Å²) >= 11 is 0. The summed E-state index contributed by atoms with van der Waals surface area (Å²) in [7, 11) is 0. The Morgan fingerprint density at radius 1 is 1.50 bits per heavy atom. The Bertz CT molecular complexity index is 539. The van der Waals surface area contributed by atoms with Crippen LogP contribution in [0.5, 0.6) is 0 Å². The van der Waals surface area contributed by atoms with Crippen LogP contribution in [0.1, 0.15) is 16.2 Å². The number of rotatable bonds is 4. The minimum absolute atomic E-state index is 0.130. The number of aromatic nitrogens is 2. The highest BCUT2D eigenvalue weighted by Gasteiger charge is 2.09. The predicted molar refractivity (Wildman–Crippen MR) is 65.4 cm³/mol. The SMILES string of the molecule is Nc1cc(F)ccc1C(=O)NCCc1ncc[nH]1. The number of aromatic amines is 1. The zero-order valence-electron chi connectivity index (χ0n) is 9.61. The molecule has 18 heavy (non-hydrogen) atoms.